The maximum absolute atomic E-state index is 11.7. The topological polar surface area (TPSA) is 89.9 Å². The Balaban J connectivity index is 3.21. The minimum absolute atomic E-state index is 0.0875. The summed E-state index contributed by atoms with van der Waals surface area (Å²) in [6.45, 7) is 2.84. The highest BCUT2D eigenvalue weighted by Crippen LogP contribution is 2.19. The van der Waals surface area contributed by atoms with Crippen molar-refractivity contribution in [2.45, 2.75) is 13.8 Å². The highest BCUT2D eigenvalue weighted by Gasteiger charge is 2.22. The number of aliphatic hydroxyl groups is 1. The molecular weight excluding hydrogens is 276 g/mol. The van der Waals surface area contributed by atoms with Gasteiger partial charge in [0.05, 0.1) is 19.3 Å². The van der Waals surface area contributed by atoms with Gasteiger partial charge in [-0.05, 0) is 26.0 Å². The van der Waals surface area contributed by atoms with E-state index in [9.17, 15) is 19.5 Å². The fourth-order valence-electron chi connectivity index (χ4n) is 1.64. The van der Waals surface area contributed by atoms with Crippen molar-refractivity contribution in [2.24, 2.45) is 0 Å². The zero-order valence-corrected chi connectivity index (χ0v) is 12.0. The van der Waals surface area contributed by atoms with Crippen LogP contribution >= 0.6 is 0 Å². The van der Waals surface area contributed by atoms with Gasteiger partial charge in [-0.25, -0.2) is 9.59 Å². The molecule has 21 heavy (non-hydrogen) atoms. The van der Waals surface area contributed by atoms with Crippen molar-refractivity contribution >= 4 is 23.5 Å². The number of ether oxygens (including phenoxy) is 2. The average molecular weight is 292 g/mol. The zero-order valence-electron chi connectivity index (χ0n) is 12.0. The van der Waals surface area contributed by atoms with E-state index >= 15 is 0 Å². The molecule has 0 atom stereocenters. The minimum Gasteiger partial charge on any atom is -0.506 e. The van der Waals surface area contributed by atoms with Crippen molar-refractivity contribution in [1.29, 1.82) is 0 Å². The van der Waals surface area contributed by atoms with E-state index in [1.54, 1.807) is 6.92 Å². The van der Waals surface area contributed by atoms with Crippen LogP contribution in [0.1, 0.15) is 29.8 Å². The van der Waals surface area contributed by atoms with Crippen molar-refractivity contribution in [3.63, 3.8) is 0 Å². The van der Waals surface area contributed by atoms with Crippen LogP contribution in [-0.2, 0) is 19.1 Å². The van der Waals surface area contributed by atoms with E-state index in [2.05, 4.69) is 4.74 Å². The smallest absolute Gasteiger partial charge is 0.345 e. The molecule has 112 valence electrons. The number of hydrogen-bond acceptors (Lipinski definition) is 6. The Morgan fingerprint density at radius 1 is 1.10 bits per heavy atom. The van der Waals surface area contributed by atoms with Gasteiger partial charge < -0.3 is 14.6 Å². The number of carbonyl (C=O) groups excluding carboxylic acids is 3. The first-order valence-electron chi connectivity index (χ1n) is 6.22. The first kappa shape index (κ1) is 16.4. The van der Waals surface area contributed by atoms with Crippen LogP contribution in [0.4, 0.5) is 0 Å². The molecule has 6 heteroatoms. The number of aliphatic hydroxyl groups excluding tert-OH is 1. The third-order valence-electron chi connectivity index (χ3n) is 2.65. The van der Waals surface area contributed by atoms with Gasteiger partial charge in [-0.2, -0.15) is 0 Å². The second-order valence-electron chi connectivity index (χ2n) is 4.07. The molecule has 0 aromatic heterocycles. The van der Waals surface area contributed by atoms with Gasteiger partial charge in [-0.15, -0.1) is 0 Å². The number of hydrogen-bond donors (Lipinski definition) is 1. The van der Waals surface area contributed by atoms with E-state index in [0.29, 0.717) is 0 Å². The lowest BCUT2D eigenvalue weighted by Gasteiger charge is -2.08. The van der Waals surface area contributed by atoms with Crippen molar-refractivity contribution in [1.82, 2.24) is 0 Å². The van der Waals surface area contributed by atoms with Gasteiger partial charge in [0.1, 0.15) is 11.3 Å². The first-order valence-corrected chi connectivity index (χ1v) is 6.22. The molecule has 0 unspecified atom stereocenters. The van der Waals surface area contributed by atoms with Gasteiger partial charge in [-0.1, -0.05) is 12.1 Å². The van der Waals surface area contributed by atoms with E-state index in [4.69, 9.17) is 4.74 Å². The molecule has 6 nitrogen and oxygen atoms in total. The third kappa shape index (κ3) is 3.92. The Hall–Kier alpha value is -2.63. The molecule has 0 spiro atoms. The summed E-state index contributed by atoms with van der Waals surface area (Å²) in [5.74, 6) is -2.51. The molecule has 0 saturated heterocycles. The lowest BCUT2D eigenvalue weighted by Crippen LogP contribution is -2.16. The Bertz CT molecular complexity index is 583. The monoisotopic (exact) mass is 292 g/mol. The summed E-state index contributed by atoms with van der Waals surface area (Å²) in [4.78, 5) is 34.5. The molecule has 0 fully saturated rings. The number of rotatable bonds is 5. The minimum atomic E-state index is -0.889. The van der Waals surface area contributed by atoms with E-state index in [1.807, 2.05) is 0 Å². The summed E-state index contributed by atoms with van der Waals surface area (Å²) in [7, 11) is 1.25. The molecule has 1 N–H and O–H groups in total. The van der Waals surface area contributed by atoms with Crippen LogP contribution in [0.5, 0.6) is 0 Å². The second-order valence-corrected chi connectivity index (χ2v) is 4.07. The molecule has 0 aliphatic heterocycles. The number of Topliss-reactive ketones (excluding diaryl/α,β-unsaturated/α-hetero) is 1. The van der Waals surface area contributed by atoms with Gasteiger partial charge in [0.15, 0.2) is 5.78 Å². The van der Waals surface area contributed by atoms with E-state index in [1.165, 1.54) is 31.4 Å². The molecule has 0 amide bonds. The summed E-state index contributed by atoms with van der Waals surface area (Å²) < 4.78 is 9.29. The first-order chi connectivity index (χ1) is 9.92. The number of methoxy groups -OCH3 is 1. The Labute approximate surface area is 122 Å². The lowest BCUT2D eigenvalue weighted by molar-refractivity contribution is -0.139. The maximum Gasteiger partial charge on any atom is 0.345 e. The standard InChI is InChI=1S/C15H16O6/c1-4-21-15(19)12(9(2)16)13(17)10-5-7-11(8-6-10)14(18)20-3/h5-8,17H,4H2,1-3H3/b13-12-. The second kappa shape index (κ2) is 7.23. The molecule has 0 heterocycles. The van der Waals surface area contributed by atoms with Crippen LogP contribution in [0, 0.1) is 0 Å². The predicted molar refractivity (Wildman–Crippen MR) is 74.6 cm³/mol. The van der Waals surface area contributed by atoms with Crippen LogP contribution in [0.25, 0.3) is 5.76 Å². The summed E-state index contributed by atoms with van der Waals surface area (Å²) in [5.41, 5.74) is 0.0816. The number of carbonyl (C=O) groups is 3. The summed E-state index contributed by atoms with van der Waals surface area (Å²) in [5, 5.41) is 10.1. The molecule has 0 saturated carbocycles. The highest BCUT2D eigenvalue weighted by molar-refractivity contribution is 6.21. The molecule has 0 aliphatic rings. The summed E-state index contributed by atoms with van der Waals surface area (Å²) in [6.07, 6.45) is 0. The van der Waals surface area contributed by atoms with Gasteiger partial charge >= 0.3 is 11.9 Å². The van der Waals surface area contributed by atoms with Crippen molar-refractivity contribution in [2.75, 3.05) is 13.7 Å². The molecule has 0 radical (unpaired) electrons. The Morgan fingerprint density at radius 2 is 1.62 bits per heavy atom. The molecule has 1 rings (SSSR count). The fourth-order valence-corrected chi connectivity index (χ4v) is 1.64. The van der Waals surface area contributed by atoms with Crippen LogP contribution in [0.15, 0.2) is 29.8 Å². The maximum atomic E-state index is 11.7. The molecular formula is C15H16O6. The molecule has 0 aliphatic carbocycles. The van der Waals surface area contributed by atoms with E-state index in [0.717, 1.165) is 6.92 Å². The van der Waals surface area contributed by atoms with E-state index < -0.39 is 29.1 Å². The van der Waals surface area contributed by atoms with Crippen molar-refractivity contribution < 1.29 is 29.0 Å². The number of esters is 2. The molecule has 1 aromatic carbocycles. The van der Waals surface area contributed by atoms with Gasteiger partial charge in [0.2, 0.25) is 0 Å². The molecule has 1 aromatic rings. The van der Waals surface area contributed by atoms with Crippen molar-refractivity contribution in [3.8, 4) is 0 Å². The van der Waals surface area contributed by atoms with Gasteiger partial charge in [0.25, 0.3) is 0 Å². The molecule has 0 bridgehead atoms. The van der Waals surface area contributed by atoms with Crippen LogP contribution < -0.4 is 0 Å². The summed E-state index contributed by atoms with van der Waals surface area (Å²) >= 11 is 0. The Kier molecular flexibility index (Phi) is 5.66. The van der Waals surface area contributed by atoms with Crippen LogP contribution in [0.2, 0.25) is 0 Å². The highest BCUT2D eigenvalue weighted by atomic mass is 16.5. The fraction of sp³-hybridized carbons (Fsp3) is 0.267. The lowest BCUT2D eigenvalue weighted by atomic mass is 10.0. The number of benzene rings is 1. The third-order valence-corrected chi connectivity index (χ3v) is 2.65. The van der Waals surface area contributed by atoms with Crippen LogP contribution in [-0.4, -0.2) is 36.5 Å². The van der Waals surface area contributed by atoms with Crippen LogP contribution in [0.3, 0.4) is 0 Å². The predicted octanol–water partition coefficient (Wildman–Crippen LogP) is 1.89. The summed E-state index contributed by atoms with van der Waals surface area (Å²) in [6, 6.07) is 5.65. The van der Waals surface area contributed by atoms with Gasteiger partial charge in [0, 0.05) is 5.56 Å². The van der Waals surface area contributed by atoms with E-state index in [-0.39, 0.29) is 17.7 Å². The largest absolute Gasteiger partial charge is 0.506 e. The van der Waals surface area contributed by atoms with Gasteiger partial charge in [-0.3, -0.25) is 4.79 Å². The number of ketones is 1. The normalized spacial score (nSPS) is 11.4. The average Bonchev–Trinajstić information content (AvgIpc) is 2.46. The Morgan fingerprint density at radius 3 is 2.05 bits per heavy atom. The zero-order chi connectivity index (χ0) is 16.0. The SMILES string of the molecule is CCOC(=O)/C(C(C)=O)=C(\O)c1ccc(C(=O)OC)cc1. The van der Waals surface area contributed by atoms with Crippen molar-refractivity contribution in [3.05, 3.63) is 41.0 Å². The quantitative estimate of drug-likeness (QED) is 0.293.